The highest BCUT2D eigenvalue weighted by Crippen LogP contribution is 2.13. The van der Waals surface area contributed by atoms with Crippen molar-refractivity contribution >= 4 is 11.3 Å². The predicted octanol–water partition coefficient (Wildman–Crippen LogP) is 1.91. The SMILES string of the molecule is CNC(Cc1cccs1)C(C)OC. The fourth-order valence-electron chi connectivity index (χ4n) is 1.31. The number of hydrogen-bond donors (Lipinski definition) is 1. The van der Waals surface area contributed by atoms with E-state index in [2.05, 4.69) is 29.8 Å². The third-order valence-corrected chi connectivity index (χ3v) is 3.21. The normalized spacial score (nSPS) is 15.6. The molecule has 0 spiro atoms. The Morgan fingerprint density at radius 2 is 2.38 bits per heavy atom. The summed E-state index contributed by atoms with van der Waals surface area (Å²) in [6.45, 7) is 2.09. The van der Waals surface area contributed by atoms with Gasteiger partial charge in [0, 0.05) is 18.0 Å². The molecule has 0 bridgehead atoms. The van der Waals surface area contributed by atoms with E-state index in [-0.39, 0.29) is 6.10 Å². The van der Waals surface area contributed by atoms with Gasteiger partial charge in [0.2, 0.25) is 0 Å². The lowest BCUT2D eigenvalue weighted by Crippen LogP contribution is -2.38. The molecule has 0 aromatic carbocycles. The summed E-state index contributed by atoms with van der Waals surface area (Å²) in [6.07, 6.45) is 1.30. The predicted molar refractivity (Wildman–Crippen MR) is 57.3 cm³/mol. The molecule has 2 nitrogen and oxygen atoms in total. The fourth-order valence-corrected chi connectivity index (χ4v) is 2.08. The van der Waals surface area contributed by atoms with Gasteiger partial charge in [-0.05, 0) is 31.8 Å². The smallest absolute Gasteiger partial charge is 0.0699 e. The number of likely N-dealkylation sites (N-methyl/N-ethyl adjacent to an activating group) is 1. The lowest BCUT2D eigenvalue weighted by Gasteiger charge is -2.21. The third kappa shape index (κ3) is 3.10. The zero-order valence-corrected chi connectivity index (χ0v) is 9.23. The van der Waals surface area contributed by atoms with E-state index >= 15 is 0 Å². The van der Waals surface area contributed by atoms with Crippen LogP contribution in [0.15, 0.2) is 17.5 Å². The second kappa shape index (κ2) is 5.37. The molecule has 13 heavy (non-hydrogen) atoms. The van der Waals surface area contributed by atoms with Crippen LogP contribution >= 0.6 is 11.3 Å². The molecule has 1 aromatic heterocycles. The summed E-state index contributed by atoms with van der Waals surface area (Å²) < 4.78 is 5.29. The van der Waals surface area contributed by atoms with Crippen LogP contribution in [0.25, 0.3) is 0 Å². The lowest BCUT2D eigenvalue weighted by molar-refractivity contribution is 0.0859. The minimum atomic E-state index is 0.257. The molecule has 2 atom stereocenters. The molecular formula is C10H17NOS. The Kier molecular flexibility index (Phi) is 4.42. The van der Waals surface area contributed by atoms with Gasteiger partial charge in [0.15, 0.2) is 0 Å². The molecule has 0 aliphatic carbocycles. The van der Waals surface area contributed by atoms with Crippen molar-refractivity contribution in [3.63, 3.8) is 0 Å². The van der Waals surface area contributed by atoms with Gasteiger partial charge in [-0.25, -0.2) is 0 Å². The van der Waals surface area contributed by atoms with Gasteiger partial charge in [0.25, 0.3) is 0 Å². The monoisotopic (exact) mass is 199 g/mol. The molecule has 1 aromatic rings. The quantitative estimate of drug-likeness (QED) is 0.782. The topological polar surface area (TPSA) is 21.3 Å². The molecular weight excluding hydrogens is 182 g/mol. The molecule has 0 amide bonds. The van der Waals surface area contributed by atoms with Crippen LogP contribution in [-0.2, 0) is 11.2 Å². The first-order valence-corrected chi connectivity index (χ1v) is 5.38. The fraction of sp³-hybridized carbons (Fsp3) is 0.600. The van der Waals surface area contributed by atoms with Crippen molar-refractivity contribution in [1.29, 1.82) is 0 Å². The van der Waals surface area contributed by atoms with Crippen LogP contribution in [0.3, 0.4) is 0 Å². The van der Waals surface area contributed by atoms with Crippen molar-refractivity contribution in [2.24, 2.45) is 0 Å². The van der Waals surface area contributed by atoms with E-state index in [0.717, 1.165) is 6.42 Å². The van der Waals surface area contributed by atoms with Crippen LogP contribution in [0.1, 0.15) is 11.8 Å². The van der Waals surface area contributed by atoms with Gasteiger partial charge in [-0.2, -0.15) is 0 Å². The van der Waals surface area contributed by atoms with E-state index in [0.29, 0.717) is 6.04 Å². The van der Waals surface area contributed by atoms with Crippen molar-refractivity contribution in [2.75, 3.05) is 14.2 Å². The largest absolute Gasteiger partial charge is 0.380 e. The van der Waals surface area contributed by atoms with Crippen molar-refractivity contribution in [2.45, 2.75) is 25.5 Å². The maximum Gasteiger partial charge on any atom is 0.0699 e. The number of thiophene rings is 1. The van der Waals surface area contributed by atoms with Gasteiger partial charge in [0.05, 0.1) is 6.10 Å². The number of ether oxygens (including phenoxy) is 1. The minimum absolute atomic E-state index is 0.257. The second-order valence-electron chi connectivity index (χ2n) is 3.12. The average Bonchev–Trinajstić information content (AvgIpc) is 2.65. The Bertz CT molecular complexity index is 223. The molecule has 1 rings (SSSR count). The Morgan fingerprint density at radius 1 is 1.62 bits per heavy atom. The number of rotatable bonds is 5. The molecule has 0 aliphatic heterocycles. The first-order valence-electron chi connectivity index (χ1n) is 4.50. The van der Waals surface area contributed by atoms with Gasteiger partial charge in [0.1, 0.15) is 0 Å². The van der Waals surface area contributed by atoms with E-state index in [9.17, 15) is 0 Å². The molecule has 1 heterocycles. The highest BCUT2D eigenvalue weighted by Gasteiger charge is 2.15. The zero-order valence-electron chi connectivity index (χ0n) is 8.41. The van der Waals surface area contributed by atoms with Crippen LogP contribution < -0.4 is 5.32 Å². The van der Waals surface area contributed by atoms with Crippen molar-refractivity contribution in [3.05, 3.63) is 22.4 Å². The maximum absolute atomic E-state index is 5.29. The Morgan fingerprint density at radius 3 is 2.85 bits per heavy atom. The van der Waals surface area contributed by atoms with Gasteiger partial charge in [-0.15, -0.1) is 11.3 Å². The molecule has 74 valence electrons. The number of nitrogens with one attached hydrogen (secondary N) is 1. The first kappa shape index (κ1) is 10.7. The number of hydrogen-bond acceptors (Lipinski definition) is 3. The molecule has 3 heteroatoms. The van der Waals surface area contributed by atoms with Gasteiger partial charge >= 0.3 is 0 Å². The van der Waals surface area contributed by atoms with E-state index in [1.54, 1.807) is 18.4 Å². The third-order valence-electron chi connectivity index (χ3n) is 2.31. The minimum Gasteiger partial charge on any atom is -0.380 e. The van der Waals surface area contributed by atoms with E-state index in [1.807, 2.05) is 7.05 Å². The lowest BCUT2D eigenvalue weighted by atomic mass is 10.1. The Hall–Kier alpha value is -0.380. The van der Waals surface area contributed by atoms with E-state index in [4.69, 9.17) is 4.74 Å². The average molecular weight is 199 g/mol. The molecule has 0 saturated carbocycles. The Balaban J connectivity index is 2.49. The molecule has 1 N–H and O–H groups in total. The van der Waals surface area contributed by atoms with Crippen LogP contribution in [-0.4, -0.2) is 26.3 Å². The highest BCUT2D eigenvalue weighted by molar-refractivity contribution is 7.09. The molecule has 0 fully saturated rings. The standard InChI is InChI=1S/C10H17NOS/c1-8(12-3)10(11-2)7-9-5-4-6-13-9/h4-6,8,10-11H,7H2,1-3H3. The van der Waals surface area contributed by atoms with Crippen LogP contribution in [0, 0.1) is 0 Å². The zero-order chi connectivity index (χ0) is 9.68. The summed E-state index contributed by atoms with van der Waals surface area (Å²) in [4.78, 5) is 1.41. The summed E-state index contributed by atoms with van der Waals surface area (Å²) in [5, 5.41) is 5.38. The van der Waals surface area contributed by atoms with Gasteiger partial charge in [-0.1, -0.05) is 6.07 Å². The van der Waals surface area contributed by atoms with Gasteiger partial charge < -0.3 is 10.1 Å². The van der Waals surface area contributed by atoms with Crippen LogP contribution in [0.4, 0.5) is 0 Å². The second-order valence-corrected chi connectivity index (χ2v) is 4.15. The van der Waals surface area contributed by atoms with E-state index in [1.165, 1.54) is 4.88 Å². The van der Waals surface area contributed by atoms with Crippen molar-refractivity contribution < 1.29 is 4.74 Å². The van der Waals surface area contributed by atoms with Crippen LogP contribution in [0.2, 0.25) is 0 Å². The Labute approximate surface area is 83.9 Å². The van der Waals surface area contributed by atoms with Crippen molar-refractivity contribution in [3.8, 4) is 0 Å². The summed E-state index contributed by atoms with van der Waals surface area (Å²) >= 11 is 1.80. The maximum atomic E-state index is 5.29. The summed E-state index contributed by atoms with van der Waals surface area (Å²) in [6, 6.07) is 4.66. The molecule has 0 aliphatic rings. The first-order chi connectivity index (χ1) is 6.27. The highest BCUT2D eigenvalue weighted by atomic mass is 32.1. The van der Waals surface area contributed by atoms with Gasteiger partial charge in [-0.3, -0.25) is 0 Å². The summed E-state index contributed by atoms with van der Waals surface area (Å²) in [5.41, 5.74) is 0. The van der Waals surface area contributed by atoms with Crippen LogP contribution in [0.5, 0.6) is 0 Å². The van der Waals surface area contributed by atoms with E-state index < -0.39 is 0 Å². The van der Waals surface area contributed by atoms with Crippen molar-refractivity contribution in [1.82, 2.24) is 5.32 Å². The summed E-state index contributed by atoms with van der Waals surface area (Å²) in [7, 11) is 3.73. The summed E-state index contributed by atoms with van der Waals surface area (Å²) in [5.74, 6) is 0. The molecule has 0 radical (unpaired) electrons. The molecule has 0 saturated heterocycles. The number of methoxy groups -OCH3 is 1. The molecule has 2 unspecified atom stereocenters.